The normalized spacial score (nSPS) is 10.1. The Kier molecular flexibility index (Phi) is 4.12. The number of nitrogens with zero attached hydrogens (tertiary/aromatic N) is 3. The van der Waals surface area contributed by atoms with E-state index in [2.05, 4.69) is 25.6 Å². The first-order valence-corrected chi connectivity index (χ1v) is 5.97. The van der Waals surface area contributed by atoms with Gasteiger partial charge in [-0.1, -0.05) is 0 Å². The van der Waals surface area contributed by atoms with Gasteiger partial charge in [-0.3, -0.25) is 0 Å². The molecule has 0 spiro atoms. The molecule has 2 heterocycles. The van der Waals surface area contributed by atoms with Crippen molar-refractivity contribution in [3.63, 3.8) is 0 Å². The number of hydrogen-bond acceptors (Lipinski definition) is 6. The standard InChI is InChI=1S/C13H17N5O/c1-9-6-11(18-13(14-2)17-9)16-8-10-4-5-15-12(7-10)19-3/h4-7H,8H2,1-3H3,(H2,14,16,17,18). The summed E-state index contributed by atoms with van der Waals surface area (Å²) in [5.74, 6) is 2.00. The van der Waals surface area contributed by atoms with Crippen LogP contribution in [0.5, 0.6) is 5.88 Å². The van der Waals surface area contributed by atoms with Gasteiger partial charge in [-0.05, 0) is 18.6 Å². The molecule has 0 aliphatic carbocycles. The highest BCUT2D eigenvalue weighted by atomic mass is 16.5. The largest absolute Gasteiger partial charge is 0.481 e. The summed E-state index contributed by atoms with van der Waals surface area (Å²) in [6.45, 7) is 2.58. The summed E-state index contributed by atoms with van der Waals surface area (Å²) in [5.41, 5.74) is 1.99. The van der Waals surface area contributed by atoms with Crippen molar-refractivity contribution in [1.82, 2.24) is 15.0 Å². The minimum Gasteiger partial charge on any atom is -0.481 e. The van der Waals surface area contributed by atoms with Gasteiger partial charge in [-0.15, -0.1) is 0 Å². The molecular formula is C13H17N5O. The monoisotopic (exact) mass is 259 g/mol. The maximum absolute atomic E-state index is 5.09. The highest BCUT2D eigenvalue weighted by molar-refractivity contribution is 5.42. The predicted octanol–water partition coefficient (Wildman–Crippen LogP) is 1.84. The molecule has 0 aliphatic heterocycles. The van der Waals surface area contributed by atoms with Crippen molar-refractivity contribution in [1.29, 1.82) is 0 Å². The quantitative estimate of drug-likeness (QED) is 0.853. The van der Waals surface area contributed by atoms with Crippen molar-refractivity contribution in [2.75, 3.05) is 24.8 Å². The van der Waals surface area contributed by atoms with Crippen LogP contribution in [0.15, 0.2) is 24.4 Å². The highest BCUT2D eigenvalue weighted by Gasteiger charge is 2.01. The Bertz CT molecular complexity index is 558. The number of rotatable bonds is 5. The highest BCUT2D eigenvalue weighted by Crippen LogP contribution is 2.13. The molecule has 6 nitrogen and oxygen atoms in total. The maximum Gasteiger partial charge on any atom is 0.224 e. The molecule has 2 N–H and O–H groups in total. The fourth-order valence-electron chi connectivity index (χ4n) is 1.64. The van der Waals surface area contributed by atoms with Gasteiger partial charge < -0.3 is 15.4 Å². The smallest absolute Gasteiger partial charge is 0.224 e. The van der Waals surface area contributed by atoms with Crippen LogP contribution in [0.2, 0.25) is 0 Å². The molecule has 100 valence electrons. The lowest BCUT2D eigenvalue weighted by Gasteiger charge is -2.08. The van der Waals surface area contributed by atoms with E-state index in [1.165, 1.54) is 0 Å². The average Bonchev–Trinajstić information content (AvgIpc) is 2.44. The summed E-state index contributed by atoms with van der Waals surface area (Å²) in [6.07, 6.45) is 1.72. The molecule has 0 saturated carbocycles. The molecule has 2 aromatic rings. The lowest BCUT2D eigenvalue weighted by atomic mass is 10.2. The van der Waals surface area contributed by atoms with Gasteiger partial charge in [0, 0.05) is 37.6 Å². The van der Waals surface area contributed by atoms with Crippen molar-refractivity contribution in [3.05, 3.63) is 35.7 Å². The third-order valence-corrected chi connectivity index (χ3v) is 2.56. The van der Waals surface area contributed by atoms with Crippen LogP contribution >= 0.6 is 0 Å². The fraction of sp³-hybridized carbons (Fsp3) is 0.308. The van der Waals surface area contributed by atoms with E-state index in [1.807, 2.05) is 25.1 Å². The minimum atomic E-state index is 0.606. The van der Waals surface area contributed by atoms with Crippen LogP contribution in [0.4, 0.5) is 11.8 Å². The van der Waals surface area contributed by atoms with E-state index in [-0.39, 0.29) is 0 Å². The molecule has 0 saturated heterocycles. The molecule has 0 bridgehead atoms. The molecule has 0 atom stereocenters. The van der Waals surface area contributed by atoms with Crippen LogP contribution in [0.1, 0.15) is 11.3 Å². The van der Waals surface area contributed by atoms with Crippen LogP contribution in [-0.4, -0.2) is 29.1 Å². The Morgan fingerprint density at radius 1 is 1.26 bits per heavy atom. The maximum atomic E-state index is 5.09. The second-order valence-corrected chi connectivity index (χ2v) is 4.03. The zero-order valence-corrected chi connectivity index (χ0v) is 11.3. The Hall–Kier alpha value is -2.37. The van der Waals surface area contributed by atoms with E-state index in [1.54, 1.807) is 20.4 Å². The predicted molar refractivity (Wildman–Crippen MR) is 74.4 cm³/mol. The molecular weight excluding hydrogens is 242 g/mol. The third kappa shape index (κ3) is 3.54. The van der Waals surface area contributed by atoms with Crippen molar-refractivity contribution >= 4 is 11.8 Å². The van der Waals surface area contributed by atoms with Crippen molar-refractivity contribution < 1.29 is 4.74 Å². The lowest BCUT2D eigenvalue weighted by Crippen LogP contribution is -2.05. The van der Waals surface area contributed by atoms with E-state index >= 15 is 0 Å². The van der Waals surface area contributed by atoms with E-state index in [9.17, 15) is 0 Å². The van der Waals surface area contributed by atoms with Gasteiger partial charge in [-0.2, -0.15) is 4.98 Å². The lowest BCUT2D eigenvalue weighted by molar-refractivity contribution is 0.397. The Morgan fingerprint density at radius 2 is 2.11 bits per heavy atom. The molecule has 0 aliphatic rings. The third-order valence-electron chi connectivity index (χ3n) is 2.56. The number of nitrogens with one attached hydrogen (secondary N) is 2. The molecule has 0 radical (unpaired) electrons. The van der Waals surface area contributed by atoms with Crippen molar-refractivity contribution in [2.45, 2.75) is 13.5 Å². The molecule has 0 aromatic carbocycles. The second-order valence-electron chi connectivity index (χ2n) is 4.03. The zero-order chi connectivity index (χ0) is 13.7. The molecule has 2 aromatic heterocycles. The van der Waals surface area contributed by atoms with Crippen molar-refractivity contribution in [2.24, 2.45) is 0 Å². The topological polar surface area (TPSA) is 72.0 Å². The molecule has 0 amide bonds. The van der Waals surface area contributed by atoms with Gasteiger partial charge in [0.1, 0.15) is 5.82 Å². The number of anilines is 2. The Morgan fingerprint density at radius 3 is 2.84 bits per heavy atom. The van der Waals surface area contributed by atoms with Gasteiger partial charge in [0.15, 0.2) is 0 Å². The summed E-state index contributed by atoms with van der Waals surface area (Å²) in [4.78, 5) is 12.6. The van der Waals surface area contributed by atoms with E-state index in [4.69, 9.17) is 4.74 Å². The van der Waals surface area contributed by atoms with Crippen molar-refractivity contribution in [3.8, 4) is 5.88 Å². The Labute approximate surface area is 112 Å². The van der Waals surface area contributed by atoms with E-state index in [0.717, 1.165) is 17.1 Å². The minimum absolute atomic E-state index is 0.606. The first-order valence-electron chi connectivity index (χ1n) is 5.97. The number of hydrogen-bond donors (Lipinski definition) is 2. The first-order chi connectivity index (χ1) is 9.21. The summed E-state index contributed by atoms with van der Waals surface area (Å²) >= 11 is 0. The summed E-state index contributed by atoms with van der Waals surface area (Å²) in [5, 5.41) is 6.19. The SMILES string of the molecule is CNc1nc(C)cc(NCc2ccnc(OC)c2)n1. The summed E-state index contributed by atoms with van der Waals surface area (Å²) in [7, 11) is 3.40. The number of aryl methyl sites for hydroxylation is 1. The first kappa shape index (κ1) is 13.1. The fourth-order valence-corrected chi connectivity index (χ4v) is 1.64. The summed E-state index contributed by atoms with van der Waals surface area (Å²) < 4.78 is 5.09. The van der Waals surface area contributed by atoms with Gasteiger partial charge >= 0.3 is 0 Å². The van der Waals surface area contributed by atoms with Crippen LogP contribution in [0, 0.1) is 6.92 Å². The number of methoxy groups -OCH3 is 1. The van der Waals surface area contributed by atoms with Crippen LogP contribution in [0.3, 0.4) is 0 Å². The second kappa shape index (κ2) is 5.99. The van der Waals surface area contributed by atoms with Gasteiger partial charge in [0.25, 0.3) is 0 Å². The van der Waals surface area contributed by atoms with Gasteiger partial charge in [0.05, 0.1) is 7.11 Å². The van der Waals surface area contributed by atoms with E-state index < -0.39 is 0 Å². The molecule has 0 unspecified atom stereocenters. The van der Waals surface area contributed by atoms with Crippen LogP contribution < -0.4 is 15.4 Å². The van der Waals surface area contributed by atoms with Gasteiger partial charge in [0.2, 0.25) is 11.8 Å². The molecule has 2 rings (SSSR count). The molecule has 0 fully saturated rings. The average molecular weight is 259 g/mol. The number of ether oxygens (including phenoxy) is 1. The number of aromatic nitrogens is 3. The van der Waals surface area contributed by atoms with Crippen LogP contribution in [0.25, 0.3) is 0 Å². The number of pyridine rings is 1. The Balaban J connectivity index is 2.07. The van der Waals surface area contributed by atoms with Gasteiger partial charge in [-0.25, -0.2) is 9.97 Å². The molecule has 19 heavy (non-hydrogen) atoms. The zero-order valence-electron chi connectivity index (χ0n) is 11.3. The van der Waals surface area contributed by atoms with Crippen LogP contribution in [-0.2, 0) is 6.54 Å². The molecule has 6 heteroatoms. The summed E-state index contributed by atoms with van der Waals surface area (Å²) in [6, 6.07) is 5.72. The van der Waals surface area contributed by atoms with E-state index in [0.29, 0.717) is 18.4 Å².